The van der Waals surface area contributed by atoms with E-state index in [0.29, 0.717) is 43.5 Å². The zero-order valence-corrected chi connectivity index (χ0v) is 16.3. The molecule has 0 fully saturated rings. The number of nitrogens with one attached hydrogen (secondary N) is 1. The van der Waals surface area contributed by atoms with Crippen molar-refractivity contribution in [3.63, 3.8) is 0 Å². The fraction of sp³-hybridized carbons (Fsp3) is 0.273. The Balaban J connectivity index is 1.71. The lowest BCUT2D eigenvalue weighted by Crippen LogP contribution is -2.10. The van der Waals surface area contributed by atoms with Crippen LogP contribution in [0.25, 0.3) is 32.7 Å². The third-order valence-corrected chi connectivity index (χ3v) is 4.76. The number of hydrogen-bond acceptors (Lipinski definition) is 6. The summed E-state index contributed by atoms with van der Waals surface area (Å²) in [5.41, 5.74) is 3.23. The Bertz CT molecular complexity index is 1210. The maximum absolute atomic E-state index is 9.15. The Morgan fingerprint density at radius 3 is 2.62 bits per heavy atom. The number of methoxy groups -OCH3 is 2. The summed E-state index contributed by atoms with van der Waals surface area (Å²) in [5.74, 6) is 1.25. The van der Waals surface area contributed by atoms with Gasteiger partial charge < -0.3 is 23.9 Å². The molecular weight excluding hydrogens is 370 g/mol. The van der Waals surface area contributed by atoms with Crippen LogP contribution in [0, 0.1) is 11.3 Å². The van der Waals surface area contributed by atoms with E-state index >= 15 is 0 Å². The van der Waals surface area contributed by atoms with Gasteiger partial charge in [0.1, 0.15) is 6.61 Å². The lowest BCUT2D eigenvalue weighted by molar-refractivity contribution is 0.0540. The Kier molecular flexibility index (Phi) is 5.47. The number of nitriles is 1. The van der Waals surface area contributed by atoms with Crippen molar-refractivity contribution in [1.29, 1.82) is 5.26 Å². The van der Waals surface area contributed by atoms with E-state index in [2.05, 4.69) is 16.0 Å². The molecule has 0 saturated heterocycles. The first-order valence-electron chi connectivity index (χ1n) is 9.27. The largest absolute Gasteiger partial charge is 0.493 e. The number of H-pyrrole nitrogens is 1. The average Bonchev–Trinajstić information content (AvgIpc) is 3.13. The van der Waals surface area contributed by atoms with Gasteiger partial charge in [-0.05, 0) is 18.2 Å². The molecule has 4 rings (SSSR count). The number of aromatic nitrogens is 2. The van der Waals surface area contributed by atoms with E-state index in [4.69, 9.17) is 24.2 Å². The summed E-state index contributed by atoms with van der Waals surface area (Å²) in [6, 6.07) is 11.6. The van der Waals surface area contributed by atoms with Crippen molar-refractivity contribution in [2.24, 2.45) is 0 Å². The van der Waals surface area contributed by atoms with Gasteiger partial charge in [0.2, 0.25) is 0 Å². The van der Waals surface area contributed by atoms with E-state index in [-0.39, 0.29) is 0 Å². The fourth-order valence-corrected chi connectivity index (χ4v) is 3.39. The van der Waals surface area contributed by atoms with Gasteiger partial charge in [-0.3, -0.25) is 4.98 Å². The van der Waals surface area contributed by atoms with Crippen LogP contribution in [0.4, 0.5) is 0 Å². The number of benzene rings is 2. The highest BCUT2D eigenvalue weighted by molar-refractivity contribution is 6.19. The summed E-state index contributed by atoms with van der Waals surface area (Å²) in [6.07, 6.45) is 1.80. The number of pyridine rings is 1. The molecule has 0 spiro atoms. The Morgan fingerprint density at radius 2 is 1.83 bits per heavy atom. The van der Waals surface area contributed by atoms with Crippen LogP contribution in [0.1, 0.15) is 5.56 Å². The van der Waals surface area contributed by atoms with Crippen LogP contribution < -0.4 is 9.47 Å². The molecule has 0 aliphatic rings. The predicted molar refractivity (Wildman–Crippen MR) is 111 cm³/mol. The van der Waals surface area contributed by atoms with E-state index in [1.54, 1.807) is 20.4 Å². The summed E-state index contributed by atoms with van der Waals surface area (Å²) in [4.78, 5) is 7.92. The van der Waals surface area contributed by atoms with Crippen molar-refractivity contribution in [3.05, 3.63) is 42.1 Å². The second-order valence-corrected chi connectivity index (χ2v) is 6.52. The lowest BCUT2D eigenvalue weighted by Gasteiger charge is -2.12. The SMILES string of the molecule is COCCOCCOc1cc2ncc3[nH]c4cc(C#N)ccc4c3c2cc1OC. The standard InChI is InChI=1S/C22H21N3O4/c1-26-5-6-28-7-8-29-21-11-17-16(10-20(21)27-2)22-15-4-3-14(12-23)9-18(15)25-19(22)13-24-17/h3-4,9-11,13,25H,5-8H2,1-2H3. The molecule has 0 unspecified atom stereocenters. The van der Waals surface area contributed by atoms with Crippen LogP contribution in [-0.2, 0) is 9.47 Å². The molecule has 148 valence electrons. The van der Waals surface area contributed by atoms with Crippen LogP contribution in [0.2, 0.25) is 0 Å². The Hall–Kier alpha value is -3.34. The number of hydrogen-bond donors (Lipinski definition) is 1. The average molecular weight is 391 g/mol. The number of rotatable bonds is 8. The number of ether oxygens (including phenoxy) is 4. The van der Waals surface area contributed by atoms with Crippen LogP contribution in [-0.4, -0.2) is 50.6 Å². The zero-order chi connectivity index (χ0) is 20.2. The molecule has 0 aliphatic carbocycles. The highest BCUT2D eigenvalue weighted by Crippen LogP contribution is 2.37. The maximum atomic E-state index is 9.15. The minimum absolute atomic E-state index is 0.401. The molecule has 1 N–H and O–H groups in total. The third-order valence-electron chi connectivity index (χ3n) is 4.76. The van der Waals surface area contributed by atoms with E-state index in [1.165, 1.54) is 0 Å². The molecule has 0 aliphatic heterocycles. The number of nitrogens with zero attached hydrogens (tertiary/aromatic N) is 2. The van der Waals surface area contributed by atoms with Gasteiger partial charge >= 0.3 is 0 Å². The fourth-order valence-electron chi connectivity index (χ4n) is 3.39. The van der Waals surface area contributed by atoms with Crippen molar-refractivity contribution in [1.82, 2.24) is 9.97 Å². The van der Waals surface area contributed by atoms with Crippen LogP contribution in [0.3, 0.4) is 0 Å². The summed E-state index contributed by atoms with van der Waals surface area (Å²) >= 11 is 0. The van der Waals surface area contributed by atoms with Crippen molar-refractivity contribution >= 4 is 32.7 Å². The summed E-state index contributed by atoms with van der Waals surface area (Å²) < 4.78 is 21.8. The van der Waals surface area contributed by atoms with Gasteiger partial charge in [0.05, 0.1) is 55.8 Å². The molecule has 0 bridgehead atoms. The first-order chi connectivity index (χ1) is 14.2. The Labute approximate surface area is 167 Å². The first-order valence-corrected chi connectivity index (χ1v) is 9.27. The minimum atomic E-state index is 0.401. The van der Waals surface area contributed by atoms with Gasteiger partial charge in [0, 0.05) is 34.9 Å². The van der Waals surface area contributed by atoms with Gasteiger partial charge in [-0.1, -0.05) is 6.07 Å². The summed E-state index contributed by atoms with van der Waals surface area (Å²) in [5, 5.41) is 12.2. The highest BCUT2D eigenvalue weighted by atomic mass is 16.5. The van der Waals surface area contributed by atoms with Crippen molar-refractivity contribution in [3.8, 4) is 17.6 Å². The molecule has 4 aromatic rings. The minimum Gasteiger partial charge on any atom is -0.493 e. The number of fused-ring (bicyclic) bond motifs is 5. The normalized spacial score (nSPS) is 11.2. The smallest absolute Gasteiger partial charge is 0.163 e. The summed E-state index contributed by atoms with van der Waals surface area (Å²) in [7, 11) is 3.25. The molecular formula is C22H21N3O4. The van der Waals surface area contributed by atoms with Gasteiger partial charge in [-0.25, -0.2) is 0 Å². The van der Waals surface area contributed by atoms with E-state index in [1.807, 2.05) is 30.3 Å². The number of aromatic amines is 1. The molecule has 2 heterocycles. The molecule has 0 saturated carbocycles. The van der Waals surface area contributed by atoms with Gasteiger partial charge in [-0.2, -0.15) is 5.26 Å². The van der Waals surface area contributed by atoms with Gasteiger partial charge in [-0.15, -0.1) is 0 Å². The van der Waals surface area contributed by atoms with Crippen LogP contribution >= 0.6 is 0 Å². The second-order valence-electron chi connectivity index (χ2n) is 6.52. The Morgan fingerprint density at radius 1 is 0.966 bits per heavy atom. The van der Waals surface area contributed by atoms with Crippen molar-refractivity contribution in [2.45, 2.75) is 0 Å². The highest BCUT2D eigenvalue weighted by Gasteiger charge is 2.14. The summed E-state index contributed by atoms with van der Waals surface area (Å²) in [6.45, 7) is 1.95. The topological polar surface area (TPSA) is 89.4 Å². The second kappa shape index (κ2) is 8.35. The van der Waals surface area contributed by atoms with Gasteiger partial charge in [0.25, 0.3) is 0 Å². The molecule has 0 radical (unpaired) electrons. The van der Waals surface area contributed by atoms with Gasteiger partial charge in [0.15, 0.2) is 11.5 Å². The van der Waals surface area contributed by atoms with E-state index in [9.17, 15) is 0 Å². The van der Waals surface area contributed by atoms with Crippen LogP contribution in [0.5, 0.6) is 11.5 Å². The predicted octanol–water partition coefficient (Wildman–Crippen LogP) is 3.79. The van der Waals surface area contributed by atoms with E-state index < -0.39 is 0 Å². The molecule has 7 heteroatoms. The molecule has 7 nitrogen and oxygen atoms in total. The van der Waals surface area contributed by atoms with Crippen LogP contribution in [0.15, 0.2) is 36.5 Å². The monoisotopic (exact) mass is 391 g/mol. The van der Waals surface area contributed by atoms with Crippen molar-refractivity contribution in [2.75, 3.05) is 40.6 Å². The molecule has 29 heavy (non-hydrogen) atoms. The van der Waals surface area contributed by atoms with Crippen molar-refractivity contribution < 1.29 is 18.9 Å². The molecule has 2 aromatic heterocycles. The lowest BCUT2D eigenvalue weighted by atomic mass is 10.1. The third kappa shape index (κ3) is 3.68. The maximum Gasteiger partial charge on any atom is 0.163 e. The molecule has 0 atom stereocenters. The first kappa shape index (κ1) is 19.0. The van der Waals surface area contributed by atoms with E-state index in [0.717, 1.165) is 32.7 Å². The molecule has 2 aromatic carbocycles. The zero-order valence-electron chi connectivity index (χ0n) is 16.3. The quantitative estimate of drug-likeness (QED) is 0.460. The molecule has 0 amide bonds.